The third-order valence-corrected chi connectivity index (χ3v) is 3.71. The lowest BCUT2D eigenvalue weighted by Crippen LogP contribution is -2.36. The van der Waals surface area contributed by atoms with Gasteiger partial charge in [-0.15, -0.1) is 0 Å². The molecule has 1 aliphatic rings. The summed E-state index contributed by atoms with van der Waals surface area (Å²) >= 11 is 0. The van der Waals surface area contributed by atoms with Crippen LogP contribution in [0, 0.1) is 0 Å². The zero-order valence-electron chi connectivity index (χ0n) is 13.2. The van der Waals surface area contributed by atoms with Gasteiger partial charge in [-0.05, 0) is 11.5 Å². The first kappa shape index (κ1) is 15.5. The molecule has 0 radical (unpaired) electrons. The summed E-state index contributed by atoms with van der Waals surface area (Å²) in [5.74, 6) is 1.59. The van der Waals surface area contributed by atoms with Crippen LogP contribution in [0.1, 0.15) is 31.2 Å². The van der Waals surface area contributed by atoms with Crippen molar-refractivity contribution in [2.24, 2.45) is 0 Å². The summed E-state index contributed by atoms with van der Waals surface area (Å²) < 4.78 is 10.1. The van der Waals surface area contributed by atoms with E-state index in [4.69, 9.17) is 9.26 Å². The number of nitrogens with one attached hydrogen (secondary N) is 2. The number of ether oxygens (including phenoxy) is 1. The lowest BCUT2D eigenvalue weighted by molar-refractivity contribution is 0.176. The number of carbonyl (C=O) groups is 1. The summed E-state index contributed by atoms with van der Waals surface area (Å²) in [6.45, 7) is 5.73. The van der Waals surface area contributed by atoms with Gasteiger partial charge in [0, 0.05) is 12.1 Å². The molecule has 2 N–H and O–H groups in total. The topological polar surface area (TPSA) is 89.3 Å². The molecule has 2 heterocycles. The molecule has 122 valence electrons. The van der Waals surface area contributed by atoms with Gasteiger partial charge >= 0.3 is 6.09 Å². The molecule has 0 aliphatic carbocycles. The summed E-state index contributed by atoms with van der Waals surface area (Å²) in [6, 6.07) is 8.15. The van der Waals surface area contributed by atoms with Gasteiger partial charge < -0.3 is 19.9 Å². The predicted molar refractivity (Wildman–Crippen MR) is 83.8 cm³/mol. The van der Waals surface area contributed by atoms with Crippen molar-refractivity contribution in [3.05, 3.63) is 35.7 Å². The van der Waals surface area contributed by atoms with Gasteiger partial charge in [0.05, 0.1) is 12.6 Å². The van der Waals surface area contributed by atoms with Crippen molar-refractivity contribution in [3.63, 3.8) is 0 Å². The van der Waals surface area contributed by atoms with E-state index in [0.717, 1.165) is 5.56 Å². The van der Waals surface area contributed by atoms with E-state index in [1.807, 2.05) is 12.1 Å². The van der Waals surface area contributed by atoms with Crippen molar-refractivity contribution in [3.8, 4) is 11.4 Å². The van der Waals surface area contributed by atoms with E-state index in [1.165, 1.54) is 5.56 Å². The zero-order chi connectivity index (χ0) is 16.2. The van der Waals surface area contributed by atoms with E-state index >= 15 is 0 Å². The van der Waals surface area contributed by atoms with Crippen molar-refractivity contribution in [2.45, 2.75) is 32.4 Å². The summed E-state index contributed by atoms with van der Waals surface area (Å²) in [4.78, 5) is 15.3. The molecule has 1 saturated heterocycles. The molecular weight excluding hydrogens is 296 g/mol. The fourth-order valence-electron chi connectivity index (χ4n) is 2.35. The summed E-state index contributed by atoms with van der Waals surface area (Å²) in [5, 5.41) is 9.86. The third-order valence-electron chi connectivity index (χ3n) is 3.71. The van der Waals surface area contributed by atoms with Crippen LogP contribution in [0.25, 0.3) is 11.4 Å². The first-order valence-electron chi connectivity index (χ1n) is 7.69. The fourth-order valence-corrected chi connectivity index (χ4v) is 2.35. The van der Waals surface area contributed by atoms with Crippen LogP contribution in [-0.2, 0) is 11.3 Å². The van der Waals surface area contributed by atoms with Gasteiger partial charge in [-0.2, -0.15) is 4.98 Å². The highest BCUT2D eigenvalue weighted by atomic mass is 16.6. The van der Waals surface area contributed by atoms with Crippen molar-refractivity contribution in [1.29, 1.82) is 0 Å². The molecule has 1 aromatic carbocycles. The second kappa shape index (κ2) is 6.78. The third kappa shape index (κ3) is 3.87. The van der Waals surface area contributed by atoms with Crippen LogP contribution >= 0.6 is 0 Å². The number of aromatic nitrogens is 2. The van der Waals surface area contributed by atoms with E-state index in [-0.39, 0.29) is 12.1 Å². The van der Waals surface area contributed by atoms with Gasteiger partial charge in [0.15, 0.2) is 0 Å². The van der Waals surface area contributed by atoms with Crippen LogP contribution in [0.3, 0.4) is 0 Å². The van der Waals surface area contributed by atoms with E-state index in [2.05, 4.69) is 46.8 Å². The molecule has 2 aromatic rings. The second-order valence-electron chi connectivity index (χ2n) is 5.86. The first-order chi connectivity index (χ1) is 11.1. The standard InChI is InChI=1S/C16H20N4O3/c1-10(2)11-3-5-12(6-4-11)15-19-14(23-20-15)8-17-7-13-9-22-16(21)18-13/h3-6,10,13,17H,7-9H2,1-2H3,(H,18,21). The summed E-state index contributed by atoms with van der Waals surface area (Å²) in [7, 11) is 0. The lowest BCUT2D eigenvalue weighted by atomic mass is 10.0. The molecule has 0 bridgehead atoms. The van der Waals surface area contributed by atoms with Gasteiger partial charge in [-0.1, -0.05) is 43.3 Å². The van der Waals surface area contributed by atoms with Gasteiger partial charge in [-0.25, -0.2) is 4.79 Å². The van der Waals surface area contributed by atoms with Crippen LogP contribution < -0.4 is 10.6 Å². The van der Waals surface area contributed by atoms with Crippen LogP contribution in [0.15, 0.2) is 28.8 Å². The second-order valence-corrected chi connectivity index (χ2v) is 5.86. The number of cyclic esters (lactones) is 1. The minimum Gasteiger partial charge on any atom is -0.447 e. The van der Waals surface area contributed by atoms with E-state index in [9.17, 15) is 4.79 Å². The quantitative estimate of drug-likeness (QED) is 0.848. The van der Waals surface area contributed by atoms with Crippen LogP contribution in [0.5, 0.6) is 0 Å². The Balaban J connectivity index is 1.54. The molecule has 1 atom stereocenters. The summed E-state index contributed by atoms with van der Waals surface area (Å²) in [5.41, 5.74) is 2.21. The number of hydrogen-bond acceptors (Lipinski definition) is 6. The van der Waals surface area contributed by atoms with Crippen LogP contribution in [-0.4, -0.2) is 35.4 Å². The largest absolute Gasteiger partial charge is 0.447 e. The summed E-state index contributed by atoms with van der Waals surface area (Å²) in [6.07, 6.45) is -0.373. The highest BCUT2D eigenvalue weighted by Crippen LogP contribution is 2.20. The first-order valence-corrected chi connectivity index (χ1v) is 7.69. The Morgan fingerprint density at radius 3 is 2.78 bits per heavy atom. The number of nitrogens with zero attached hydrogens (tertiary/aromatic N) is 2. The van der Waals surface area contributed by atoms with Crippen molar-refractivity contribution in [2.75, 3.05) is 13.2 Å². The molecule has 1 fully saturated rings. The molecule has 1 amide bonds. The lowest BCUT2D eigenvalue weighted by Gasteiger charge is -2.06. The molecule has 1 aliphatic heterocycles. The predicted octanol–water partition coefficient (Wildman–Crippen LogP) is 2.06. The number of carbonyl (C=O) groups excluding carboxylic acids is 1. The Labute approximate surface area is 134 Å². The molecule has 1 aromatic heterocycles. The van der Waals surface area contributed by atoms with E-state index in [1.54, 1.807) is 0 Å². The average molecular weight is 316 g/mol. The molecule has 1 unspecified atom stereocenters. The van der Waals surface area contributed by atoms with Crippen molar-refractivity contribution in [1.82, 2.24) is 20.8 Å². The minimum absolute atomic E-state index is 0.0199. The number of rotatable bonds is 6. The van der Waals surface area contributed by atoms with Crippen molar-refractivity contribution >= 4 is 6.09 Å². The van der Waals surface area contributed by atoms with Crippen LogP contribution in [0.2, 0.25) is 0 Å². The number of benzene rings is 1. The maximum atomic E-state index is 10.9. The van der Waals surface area contributed by atoms with E-state index < -0.39 is 0 Å². The Morgan fingerprint density at radius 1 is 1.35 bits per heavy atom. The number of hydrogen-bond donors (Lipinski definition) is 2. The smallest absolute Gasteiger partial charge is 0.407 e. The molecule has 3 rings (SSSR count). The highest BCUT2D eigenvalue weighted by molar-refractivity contribution is 5.69. The number of amides is 1. The van der Waals surface area contributed by atoms with Gasteiger partial charge in [0.25, 0.3) is 0 Å². The highest BCUT2D eigenvalue weighted by Gasteiger charge is 2.21. The van der Waals surface area contributed by atoms with E-state index in [0.29, 0.717) is 37.3 Å². The normalized spacial score (nSPS) is 17.3. The molecule has 0 spiro atoms. The zero-order valence-corrected chi connectivity index (χ0v) is 13.2. The Kier molecular flexibility index (Phi) is 4.57. The average Bonchev–Trinajstić information content (AvgIpc) is 3.17. The monoisotopic (exact) mass is 316 g/mol. The maximum absolute atomic E-state index is 10.9. The van der Waals surface area contributed by atoms with Gasteiger partial charge in [0.1, 0.15) is 6.61 Å². The van der Waals surface area contributed by atoms with Gasteiger partial charge in [0.2, 0.25) is 11.7 Å². The number of alkyl carbamates (subject to hydrolysis) is 1. The fraction of sp³-hybridized carbons (Fsp3) is 0.438. The molecule has 0 saturated carbocycles. The molecule has 7 heteroatoms. The minimum atomic E-state index is -0.373. The molecular formula is C16H20N4O3. The SMILES string of the molecule is CC(C)c1ccc(-c2noc(CNCC3COC(=O)N3)n2)cc1. The Bertz CT molecular complexity index is 666. The maximum Gasteiger partial charge on any atom is 0.407 e. The van der Waals surface area contributed by atoms with Gasteiger partial charge in [-0.3, -0.25) is 0 Å². The van der Waals surface area contributed by atoms with Crippen LogP contribution in [0.4, 0.5) is 4.79 Å². The molecule has 23 heavy (non-hydrogen) atoms. The van der Waals surface area contributed by atoms with Crippen molar-refractivity contribution < 1.29 is 14.1 Å². The Hall–Kier alpha value is -2.41. The Morgan fingerprint density at radius 2 is 2.13 bits per heavy atom. The molecule has 7 nitrogen and oxygen atoms in total.